The van der Waals surface area contributed by atoms with Gasteiger partial charge in [-0.1, -0.05) is 5.39 Å². The number of nitrogens with zero attached hydrogens (tertiary/aromatic N) is 3. The molecule has 3 aromatic heterocycles. The molecule has 3 heterocycles. The summed E-state index contributed by atoms with van der Waals surface area (Å²) in [5, 5.41) is 3.40. The van der Waals surface area contributed by atoms with E-state index in [-0.39, 0.29) is 20.1 Å². The van der Waals surface area contributed by atoms with Gasteiger partial charge in [0, 0.05) is 44.9 Å². The van der Waals surface area contributed by atoms with E-state index in [1.165, 1.54) is 10.8 Å². The molecule has 0 saturated carbocycles. The standard InChI is InChI=1S/C14H8N3.Ir/c1-2-4-12-10(3-1)11-5-6-15-9-13(11)17-8-7-16-14(12)17;/h1-3,5-9H;/q-1;. The van der Waals surface area contributed by atoms with E-state index >= 15 is 0 Å². The molecule has 0 aliphatic rings. The molecule has 0 bridgehead atoms. The summed E-state index contributed by atoms with van der Waals surface area (Å²) in [6, 6.07) is 11.3. The fraction of sp³-hybridized carbons (Fsp3) is 0. The second-order valence-corrected chi connectivity index (χ2v) is 3.97. The van der Waals surface area contributed by atoms with Crippen molar-refractivity contribution in [3.05, 3.63) is 55.1 Å². The molecule has 0 aliphatic carbocycles. The molecule has 1 aromatic carbocycles. The maximum Gasteiger partial charge on any atom is 0.0609 e. The molecule has 4 rings (SSSR count). The number of fused-ring (bicyclic) bond motifs is 6. The zero-order valence-electron chi connectivity index (χ0n) is 9.29. The predicted octanol–water partition coefficient (Wildman–Crippen LogP) is 2.83. The van der Waals surface area contributed by atoms with Crippen LogP contribution in [-0.2, 0) is 20.1 Å². The third kappa shape index (κ3) is 1.40. The summed E-state index contributed by atoms with van der Waals surface area (Å²) < 4.78 is 2.06. The van der Waals surface area contributed by atoms with Gasteiger partial charge < -0.3 is 4.40 Å². The van der Waals surface area contributed by atoms with Gasteiger partial charge in [0.2, 0.25) is 0 Å². The second kappa shape index (κ2) is 4.16. The molecule has 3 nitrogen and oxygen atoms in total. The van der Waals surface area contributed by atoms with Crippen molar-refractivity contribution >= 4 is 27.3 Å². The molecule has 0 saturated heterocycles. The topological polar surface area (TPSA) is 30.2 Å². The van der Waals surface area contributed by atoms with E-state index in [1.807, 2.05) is 43.0 Å². The summed E-state index contributed by atoms with van der Waals surface area (Å²) in [6.45, 7) is 0. The number of pyridine rings is 2. The molecule has 0 N–H and O–H groups in total. The molecular formula is C14H8IrN3-. The molecule has 1 radical (unpaired) electrons. The summed E-state index contributed by atoms with van der Waals surface area (Å²) in [4.78, 5) is 8.59. The molecule has 0 spiro atoms. The van der Waals surface area contributed by atoms with Gasteiger partial charge in [0.25, 0.3) is 0 Å². The molecule has 0 amide bonds. The minimum Gasteiger partial charge on any atom is -0.339 e. The monoisotopic (exact) mass is 411 g/mol. The van der Waals surface area contributed by atoms with Crippen LogP contribution in [0.4, 0.5) is 0 Å². The van der Waals surface area contributed by atoms with Crippen LogP contribution in [0.5, 0.6) is 0 Å². The Morgan fingerprint density at radius 3 is 3.00 bits per heavy atom. The second-order valence-electron chi connectivity index (χ2n) is 3.97. The minimum absolute atomic E-state index is 0. The first kappa shape index (κ1) is 11.3. The third-order valence-electron chi connectivity index (χ3n) is 3.07. The van der Waals surface area contributed by atoms with Gasteiger partial charge in [-0.15, -0.1) is 29.7 Å². The van der Waals surface area contributed by atoms with E-state index in [0.717, 1.165) is 16.6 Å². The fourth-order valence-electron chi connectivity index (χ4n) is 2.33. The third-order valence-corrected chi connectivity index (χ3v) is 3.07. The van der Waals surface area contributed by atoms with E-state index in [2.05, 4.69) is 26.5 Å². The van der Waals surface area contributed by atoms with Crippen LogP contribution in [0, 0.1) is 6.07 Å². The average molecular weight is 410 g/mol. The number of imidazole rings is 1. The van der Waals surface area contributed by atoms with Crippen molar-refractivity contribution in [2.75, 3.05) is 0 Å². The van der Waals surface area contributed by atoms with Gasteiger partial charge in [0.15, 0.2) is 0 Å². The number of rotatable bonds is 0. The summed E-state index contributed by atoms with van der Waals surface area (Å²) in [7, 11) is 0. The van der Waals surface area contributed by atoms with Crippen LogP contribution in [0.25, 0.3) is 27.3 Å². The van der Waals surface area contributed by atoms with Gasteiger partial charge in [0.1, 0.15) is 0 Å². The van der Waals surface area contributed by atoms with Crippen LogP contribution in [-0.4, -0.2) is 14.4 Å². The van der Waals surface area contributed by atoms with Crippen LogP contribution < -0.4 is 0 Å². The Balaban J connectivity index is 0.000001000. The van der Waals surface area contributed by atoms with E-state index in [4.69, 9.17) is 0 Å². The normalized spacial score (nSPS) is 10.9. The Morgan fingerprint density at radius 2 is 2.06 bits per heavy atom. The Morgan fingerprint density at radius 1 is 1.11 bits per heavy atom. The van der Waals surface area contributed by atoms with Gasteiger partial charge in [0.05, 0.1) is 11.2 Å². The molecule has 4 heteroatoms. The quantitative estimate of drug-likeness (QED) is 0.330. The van der Waals surface area contributed by atoms with E-state index < -0.39 is 0 Å². The Hall–Kier alpha value is -1.77. The number of benzene rings is 1. The van der Waals surface area contributed by atoms with Crippen molar-refractivity contribution in [2.24, 2.45) is 0 Å². The van der Waals surface area contributed by atoms with Crippen molar-refractivity contribution in [2.45, 2.75) is 0 Å². The molecule has 89 valence electrons. The maximum atomic E-state index is 4.40. The van der Waals surface area contributed by atoms with E-state index in [1.54, 1.807) is 0 Å². The first-order chi connectivity index (χ1) is 8.45. The zero-order chi connectivity index (χ0) is 11.2. The van der Waals surface area contributed by atoms with Crippen LogP contribution >= 0.6 is 0 Å². The van der Waals surface area contributed by atoms with Gasteiger partial charge in [-0.2, -0.15) is 0 Å². The molecule has 0 aliphatic heterocycles. The Labute approximate surface area is 117 Å². The summed E-state index contributed by atoms with van der Waals surface area (Å²) >= 11 is 0. The number of hydrogen-bond acceptors (Lipinski definition) is 2. The van der Waals surface area contributed by atoms with Crippen molar-refractivity contribution in [3.63, 3.8) is 0 Å². The first-order valence-electron chi connectivity index (χ1n) is 5.44. The Bertz CT molecular complexity index is 781. The first-order valence-corrected chi connectivity index (χ1v) is 5.44. The van der Waals surface area contributed by atoms with Crippen molar-refractivity contribution in [3.8, 4) is 0 Å². The largest absolute Gasteiger partial charge is 0.339 e. The van der Waals surface area contributed by atoms with Crippen molar-refractivity contribution < 1.29 is 20.1 Å². The molecule has 0 fully saturated rings. The van der Waals surface area contributed by atoms with E-state index in [9.17, 15) is 0 Å². The molecule has 0 unspecified atom stereocenters. The molecule has 0 atom stereocenters. The van der Waals surface area contributed by atoms with Crippen LogP contribution in [0.1, 0.15) is 0 Å². The van der Waals surface area contributed by atoms with Crippen LogP contribution in [0.15, 0.2) is 49.1 Å². The number of aromatic nitrogens is 3. The van der Waals surface area contributed by atoms with Crippen molar-refractivity contribution in [1.82, 2.24) is 14.4 Å². The van der Waals surface area contributed by atoms with Crippen LogP contribution in [0.3, 0.4) is 0 Å². The molecule has 4 aromatic rings. The zero-order valence-corrected chi connectivity index (χ0v) is 11.7. The van der Waals surface area contributed by atoms with Crippen LogP contribution in [0.2, 0.25) is 0 Å². The van der Waals surface area contributed by atoms with Gasteiger partial charge in [-0.25, -0.2) is 0 Å². The van der Waals surface area contributed by atoms with E-state index in [0.29, 0.717) is 0 Å². The fourth-order valence-corrected chi connectivity index (χ4v) is 2.33. The molecule has 18 heavy (non-hydrogen) atoms. The SMILES string of the molecule is [Ir].[c-]1cccc2c1c1nccn1c1cnccc21. The summed E-state index contributed by atoms with van der Waals surface area (Å²) in [5.41, 5.74) is 2.01. The van der Waals surface area contributed by atoms with Gasteiger partial charge >= 0.3 is 0 Å². The maximum absolute atomic E-state index is 4.40. The molecular weight excluding hydrogens is 402 g/mol. The van der Waals surface area contributed by atoms with Gasteiger partial charge in [-0.3, -0.25) is 9.97 Å². The predicted molar refractivity (Wildman–Crippen MR) is 66.8 cm³/mol. The summed E-state index contributed by atoms with van der Waals surface area (Å²) in [5.74, 6) is 0. The minimum atomic E-state index is 0. The summed E-state index contributed by atoms with van der Waals surface area (Å²) in [6.07, 6.45) is 7.45. The smallest absolute Gasteiger partial charge is 0.0609 e. The number of hydrogen-bond donors (Lipinski definition) is 0. The van der Waals surface area contributed by atoms with Gasteiger partial charge in [-0.05, 0) is 11.5 Å². The van der Waals surface area contributed by atoms with Crippen molar-refractivity contribution in [1.29, 1.82) is 0 Å². The average Bonchev–Trinajstić information content (AvgIpc) is 2.89. The Kier molecular flexibility index (Phi) is 2.62.